The Labute approximate surface area is 172 Å². The largest absolute Gasteiger partial charge is 0.462 e. The van der Waals surface area contributed by atoms with Crippen molar-refractivity contribution in [3.63, 3.8) is 0 Å². The van der Waals surface area contributed by atoms with E-state index >= 15 is 0 Å². The second kappa shape index (κ2) is 10.8. The molecule has 1 atom stereocenters. The maximum Gasteiger partial charge on any atom is 0.408 e. The van der Waals surface area contributed by atoms with Crippen LogP contribution < -0.4 is 10.6 Å². The number of carbonyl (C=O) groups is 3. The van der Waals surface area contributed by atoms with E-state index in [-0.39, 0.29) is 12.5 Å². The number of hydrogen-bond donors (Lipinski definition) is 2. The summed E-state index contributed by atoms with van der Waals surface area (Å²) in [6.45, 7) is 5.49. The summed E-state index contributed by atoms with van der Waals surface area (Å²) in [5.41, 5.74) is 0.208. The van der Waals surface area contributed by atoms with Crippen molar-refractivity contribution in [2.24, 2.45) is 0 Å². The molecule has 0 aliphatic heterocycles. The Morgan fingerprint density at radius 2 is 1.72 bits per heavy atom. The minimum atomic E-state index is -1.07. The number of esters is 1. The smallest absolute Gasteiger partial charge is 0.408 e. The van der Waals surface area contributed by atoms with Crippen molar-refractivity contribution in [2.45, 2.75) is 83.6 Å². The van der Waals surface area contributed by atoms with Gasteiger partial charge in [0.05, 0.1) is 6.42 Å². The highest BCUT2D eigenvalue weighted by atomic mass is 16.6. The average molecular weight is 405 g/mol. The minimum absolute atomic E-state index is 0.106. The van der Waals surface area contributed by atoms with E-state index in [1.165, 1.54) is 0 Å². The van der Waals surface area contributed by atoms with Gasteiger partial charge >= 0.3 is 12.1 Å². The lowest BCUT2D eigenvalue weighted by Crippen LogP contribution is -2.49. The molecule has 0 bridgehead atoms. The highest BCUT2D eigenvalue weighted by Gasteiger charge is 2.28. The Morgan fingerprint density at radius 1 is 1.07 bits per heavy atom. The number of carbonyl (C=O) groups excluding carboxylic acids is 3. The van der Waals surface area contributed by atoms with Crippen molar-refractivity contribution in [1.29, 1.82) is 0 Å². The van der Waals surface area contributed by atoms with Crippen LogP contribution in [0.4, 0.5) is 4.79 Å². The van der Waals surface area contributed by atoms with Crippen molar-refractivity contribution >= 4 is 18.0 Å². The number of nitrogens with one attached hydrogen (secondary N) is 2. The number of benzene rings is 1. The standard InChI is InChI=1S/C22H32N2O5/c1-22(2,3)29-21(27)24-18(14-19(25)28-17-12-8-5-9-13-17)20(26)23-15-16-10-6-4-7-11-16/h4,6-7,10-11,17-18H,5,8-9,12-15H2,1-3H3,(H,23,26)(H,24,27)/t18-/m0/s1. The van der Waals surface area contributed by atoms with Crippen molar-refractivity contribution in [1.82, 2.24) is 10.6 Å². The van der Waals surface area contributed by atoms with E-state index in [9.17, 15) is 14.4 Å². The van der Waals surface area contributed by atoms with Crippen LogP contribution in [0.2, 0.25) is 0 Å². The molecular weight excluding hydrogens is 372 g/mol. The van der Waals surface area contributed by atoms with Gasteiger partial charge in [0.2, 0.25) is 5.91 Å². The molecule has 2 amide bonds. The molecule has 7 nitrogen and oxygen atoms in total. The minimum Gasteiger partial charge on any atom is -0.462 e. The Bertz CT molecular complexity index is 678. The molecule has 0 saturated heterocycles. The van der Waals surface area contributed by atoms with Crippen LogP contribution in [0.5, 0.6) is 0 Å². The van der Waals surface area contributed by atoms with E-state index in [2.05, 4.69) is 10.6 Å². The van der Waals surface area contributed by atoms with Crippen molar-refractivity contribution in [2.75, 3.05) is 0 Å². The first-order valence-electron chi connectivity index (χ1n) is 10.2. The summed E-state index contributed by atoms with van der Waals surface area (Å²) in [6.07, 6.45) is 3.82. The summed E-state index contributed by atoms with van der Waals surface area (Å²) in [7, 11) is 0. The zero-order valence-electron chi connectivity index (χ0n) is 17.5. The average Bonchev–Trinajstić information content (AvgIpc) is 2.65. The molecule has 0 spiro atoms. The second-order valence-electron chi connectivity index (χ2n) is 8.36. The Morgan fingerprint density at radius 3 is 2.34 bits per heavy atom. The van der Waals surface area contributed by atoms with Crippen molar-refractivity contribution < 1.29 is 23.9 Å². The molecule has 1 aliphatic carbocycles. The van der Waals surface area contributed by atoms with Gasteiger partial charge in [0, 0.05) is 6.54 Å². The predicted molar refractivity (Wildman–Crippen MR) is 109 cm³/mol. The van der Waals surface area contributed by atoms with Crippen LogP contribution in [0.1, 0.15) is 64.9 Å². The van der Waals surface area contributed by atoms with E-state index < -0.39 is 29.6 Å². The van der Waals surface area contributed by atoms with E-state index in [0.29, 0.717) is 6.54 Å². The number of amides is 2. The van der Waals surface area contributed by atoms with Crippen LogP contribution >= 0.6 is 0 Å². The zero-order valence-corrected chi connectivity index (χ0v) is 17.5. The summed E-state index contributed by atoms with van der Waals surface area (Å²) < 4.78 is 10.7. The van der Waals surface area contributed by atoms with Gasteiger partial charge in [0.25, 0.3) is 0 Å². The first kappa shape index (κ1) is 22.7. The van der Waals surface area contributed by atoms with Crippen LogP contribution in [0.25, 0.3) is 0 Å². The fraction of sp³-hybridized carbons (Fsp3) is 0.591. The molecular formula is C22H32N2O5. The van der Waals surface area contributed by atoms with Crippen LogP contribution in [-0.4, -0.2) is 35.7 Å². The molecule has 0 aromatic heterocycles. The van der Waals surface area contributed by atoms with Crippen molar-refractivity contribution in [3.8, 4) is 0 Å². The second-order valence-corrected chi connectivity index (χ2v) is 8.36. The van der Waals surface area contributed by atoms with Crippen LogP contribution in [0.15, 0.2) is 30.3 Å². The summed E-state index contributed by atoms with van der Waals surface area (Å²) in [4.78, 5) is 37.2. The van der Waals surface area contributed by atoms with Gasteiger partial charge in [0.1, 0.15) is 17.7 Å². The van der Waals surface area contributed by atoms with Crippen molar-refractivity contribution in [3.05, 3.63) is 35.9 Å². The Balaban J connectivity index is 1.96. The molecule has 7 heteroatoms. The maximum atomic E-state index is 12.7. The number of hydrogen-bond acceptors (Lipinski definition) is 5. The highest BCUT2D eigenvalue weighted by molar-refractivity contribution is 5.89. The van der Waals surface area contributed by atoms with Gasteiger partial charge < -0.3 is 20.1 Å². The van der Waals surface area contributed by atoms with Gasteiger partial charge in [-0.05, 0) is 52.0 Å². The van der Waals surface area contributed by atoms with Gasteiger partial charge in [-0.15, -0.1) is 0 Å². The maximum absolute atomic E-state index is 12.7. The third-order valence-electron chi connectivity index (χ3n) is 4.54. The fourth-order valence-electron chi connectivity index (χ4n) is 3.15. The fourth-order valence-corrected chi connectivity index (χ4v) is 3.15. The summed E-state index contributed by atoms with van der Waals surface area (Å²) in [5, 5.41) is 5.26. The SMILES string of the molecule is CC(C)(C)OC(=O)N[C@@H](CC(=O)OC1CCCCC1)C(=O)NCc1ccccc1. The normalized spacial score (nSPS) is 15.8. The van der Waals surface area contributed by atoms with Gasteiger partial charge in [-0.3, -0.25) is 9.59 Å². The summed E-state index contributed by atoms with van der Waals surface area (Å²) >= 11 is 0. The third kappa shape index (κ3) is 8.98. The molecule has 0 unspecified atom stereocenters. The molecule has 0 heterocycles. The topological polar surface area (TPSA) is 93.7 Å². The lowest BCUT2D eigenvalue weighted by atomic mass is 9.98. The Kier molecular flexibility index (Phi) is 8.49. The molecule has 1 aromatic carbocycles. The van der Waals surface area contributed by atoms with Crippen LogP contribution in [-0.2, 0) is 25.6 Å². The first-order valence-corrected chi connectivity index (χ1v) is 10.2. The van der Waals surface area contributed by atoms with Gasteiger partial charge in [-0.2, -0.15) is 0 Å². The number of alkyl carbamates (subject to hydrolysis) is 1. The molecule has 1 aliphatic rings. The quantitative estimate of drug-likeness (QED) is 0.679. The molecule has 2 rings (SSSR count). The van der Waals surface area contributed by atoms with Crippen LogP contribution in [0, 0.1) is 0 Å². The summed E-state index contributed by atoms with van der Waals surface area (Å²) in [6, 6.07) is 8.34. The third-order valence-corrected chi connectivity index (χ3v) is 4.54. The van der Waals surface area contributed by atoms with Gasteiger partial charge in [-0.1, -0.05) is 36.8 Å². The number of ether oxygens (including phenoxy) is 2. The lowest BCUT2D eigenvalue weighted by molar-refractivity contribution is -0.152. The first-order chi connectivity index (χ1) is 13.7. The zero-order chi connectivity index (χ0) is 21.3. The van der Waals surface area contributed by atoms with E-state index in [1.54, 1.807) is 20.8 Å². The predicted octanol–water partition coefficient (Wildman–Crippen LogP) is 3.46. The lowest BCUT2D eigenvalue weighted by Gasteiger charge is -2.25. The van der Waals surface area contributed by atoms with Gasteiger partial charge in [0.15, 0.2) is 0 Å². The highest BCUT2D eigenvalue weighted by Crippen LogP contribution is 2.21. The van der Waals surface area contributed by atoms with Crippen LogP contribution in [0.3, 0.4) is 0 Å². The molecule has 2 N–H and O–H groups in total. The molecule has 160 valence electrons. The molecule has 1 saturated carbocycles. The number of rotatable bonds is 7. The van der Waals surface area contributed by atoms with Gasteiger partial charge in [-0.25, -0.2) is 4.79 Å². The van der Waals surface area contributed by atoms with E-state index in [1.807, 2.05) is 30.3 Å². The van der Waals surface area contributed by atoms with E-state index in [4.69, 9.17) is 9.47 Å². The molecule has 1 aromatic rings. The monoisotopic (exact) mass is 404 g/mol. The van der Waals surface area contributed by atoms with E-state index in [0.717, 1.165) is 37.7 Å². The molecule has 1 fully saturated rings. The molecule has 29 heavy (non-hydrogen) atoms. The summed E-state index contributed by atoms with van der Waals surface area (Å²) in [5.74, 6) is -0.951. The molecule has 0 radical (unpaired) electrons. The Hall–Kier alpha value is -2.57.